The Bertz CT molecular complexity index is 1060. The topological polar surface area (TPSA) is 17.2 Å². The molecule has 112 valence electrons. The van der Waals surface area contributed by atoms with Crippen molar-refractivity contribution in [1.82, 2.24) is 4.98 Å². The predicted octanol–water partition coefficient (Wildman–Crippen LogP) is 6.12. The summed E-state index contributed by atoms with van der Waals surface area (Å²) in [6.07, 6.45) is 0. The first kappa shape index (κ1) is 14.2. The number of benzene rings is 3. The summed E-state index contributed by atoms with van der Waals surface area (Å²) >= 11 is 0. The Labute approximate surface area is 140 Å². The standard InChI is InChI=1S/C22H14N2/c1-23-18-11-7-10-17(14-18)22-15-20(16-8-3-2-4-9-16)19-12-5-6-13-21(19)24-22/h2-15H. The summed E-state index contributed by atoms with van der Waals surface area (Å²) in [6, 6.07) is 28.2. The minimum atomic E-state index is 0.628. The number of para-hydroxylation sites is 1. The highest BCUT2D eigenvalue weighted by atomic mass is 14.7. The Morgan fingerprint density at radius 1 is 0.708 bits per heavy atom. The Morgan fingerprint density at radius 2 is 1.46 bits per heavy atom. The molecule has 1 heterocycles. The van der Waals surface area contributed by atoms with Crippen LogP contribution in [0.5, 0.6) is 0 Å². The van der Waals surface area contributed by atoms with E-state index in [2.05, 4.69) is 29.1 Å². The third-order valence-corrected chi connectivity index (χ3v) is 4.07. The van der Waals surface area contributed by atoms with Gasteiger partial charge in [0.2, 0.25) is 0 Å². The number of fused-ring (bicyclic) bond motifs is 1. The number of hydrogen-bond acceptors (Lipinski definition) is 1. The maximum atomic E-state index is 7.22. The quantitative estimate of drug-likeness (QED) is 0.408. The summed E-state index contributed by atoms with van der Waals surface area (Å²) in [4.78, 5) is 8.33. The number of nitrogens with zero attached hydrogens (tertiary/aromatic N) is 2. The van der Waals surface area contributed by atoms with Crippen LogP contribution in [0, 0.1) is 6.57 Å². The fourth-order valence-corrected chi connectivity index (χ4v) is 2.91. The Hall–Kier alpha value is -3.44. The SMILES string of the molecule is [C-]#[N+]c1cccc(-c2cc(-c3ccccc3)c3ccccc3n2)c1. The van der Waals surface area contributed by atoms with Crippen molar-refractivity contribution in [3.63, 3.8) is 0 Å². The van der Waals surface area contributed by atoms with Crippen LogP contribution in [-0.2, 0) is 0 Å². The van der Waals surface area contributed by atoms with E-state index >= 15 is 0 Å². The van der Waals surface area contributed by atoms with Gasteiger partial charge >= 0.3 is 0 Å². The fraction of sp³-hybridized carbons (Fsp3) is 0. The Balaban J connectivity index is 2.00. The van der Waals surface area contributed by atoms with E-state index in [1.807, 2.05) is 60.7 Å². The highest BCUT2D eigenvalue weighted by Gasteiger charge is 2.09. The highest BCUT2D eigenvalue weighted by molar-refractivity contribution is 5.96. The van der Waals surface area contributed by atoms with Crippen LogP contribution in [0.1, 0.15) is 0 Å². The molecular formula is C22H14N2. The van der Waals surface area contributed by atoms with Gasteiger partial charge in [-0.1, -0.05) is 66.7 Å². The van der Waals surface area contributed by atoms with Crippen LogP contribution < -0.4 is 0 Å². The van der Waals surface area contributed by atoms with Crippen LogP contribution in [-0.4, -0.2) is 4.98 Å². The molecule has 0 fully saturated rings. The van der Waals surface area contributed by atoms with Crippen molar-refractivity contribution < 1.29 is 0 Å². The zero-order chi connectivity index (χ0) is 16.4. The molecule has 0 unspecified atom stereocenters. The highest BCUT2D eigenvalue weighted by Crippen LogP contribution is 2.32. The molecule has 4 aromatic rings. The molecule has 0 amide bonds. The summed E-state index contributed by atoms with van der Waals surface area (Å²) in [6.45, 7) is 7.22. The average Bonchev–Trinajstić information content (AvgIpc) is 2.68. The van der Waals surface area contributed by atoms with Crippen molar-refractivity contribution in [2.45, 2.75) is 0 Å². The molecule has 0 bridgehead atoms. The van der Waals surface area contributed by atoms with E-state index in [1.54, 1.807) is 0 Å². The third-order valence-electron chi connectivity index (χ3n) is 4.07. The first-order chi connectivity index (χ1) is 11.8. The van der Waals surface area contributed by atoms with Gasteiger partial charge in [-0.25, -0.2) is 9.83 Å². The van der Waals surface area contributed by atoms with Crippen molar-refractivity contribution >= 4 is 16.6 Å². The van der Waals surface area contributed by atoms with E-state index in [9.17, 15) is 0 Å². The van der Waals surface area contributed by atoms with Crippen molar-refractivity contribution in [3.05, 3.63) is 96.3 Å². The molecule has 4 rings (SSSR count). The van der Waals surface area contributed by atoms with Crippen LogP contribution in [0.3, 0.4) is 0 Å². The van der Waals surface area contributed by atoms with Gasteiger partial charge in [0.25, 0.3) is 0 Å². The van der Waals surface area contributed by atoms with Gasteiger partial charge in [-0.05, 0) is 34.9 Å². The van der Waals surface area contributed by atoms with Gasteiger partial charge in [0.05, 0.1) is 17.8 Å². The van der Waals surface area contributed by atoms with Crippen molar-refractivity contribution in [2.24, 2.45) is 0 Å². The maximum absolute atomic E-state index is 7.22. The van der Waals surface area contributed by atoms with Gasteiger partial charge in [-0.3, -0.25) is 0 Å². The average molecular weight is 306 g/mol. The summed E-state index contributed by atoms with van der Waals surface area (Å²) in [5, 5.41) is 1.13. The first-order valence-electron chi connectivity index (χ1n) is 7.78. The molecule has 1 aromatic heterocycles. The maximum Gasteiger partial charge on any atom is 0.187 e. The third kappa shape index (κ3) is 2.53. The zero-order valence-electron chi connectivity index (χ0n) is 13.0. The minimum Gasteiger partial charge on any atom is -0.248 e. The smallest absolute Gasteiger partial charge is 0.187 e. The monoisotopic (exact) mass is 306 g/mol. The van der Waals surface area contributed by atoms with Crippen LogP contribution in [0.25, 0.3) is 38.1 Å². The van der Waals surface area contributed by atoms with Gasteiger partial charge in [0.15, 0.2) is 5.69 Å². The molecule has 0 N–H and O–H groups in total. The summed E-state index contributed by atoms with van der Waals surface area (Å²) in [5.74, 6) is 0. The molecule has 2 nitrogen and oxygen atoms in total. The lowest BCUT2D eigenvalue weighted by atomic mass is 9.98. The zero-order valence-corrected chi connectivity index (χ0v) is 13.0. The van der Waals surface area contributed by atoms with Crippen LogP contribution in [0.15, 0.2) is 84.9 Å². The van der Waals surface area contributed by atoms with Gasteiger partial charge < -0.3 is 0 Å². The number of aromatic nitrogens is 1. The molecule has 0 atom stereocenters. The van der Waals surface area contributed by atoms with Gasteiger partial charge in [-0.15, -0.1) is 0 Å². The molecule has 0 aliphatic heterocycles. The fourth-order valence-electron chi connectivity index (χ4n) is 2.91. The molecule has 3 aromatic carbocycles. The second-order valence-corrected chi connectivity index (χ2v) is 5.60. The minimum absolute atomic E-state index is 0.628. The van der Waals surface area contributed by atoms with E-state index < -0.39 is 0 Å². The van der Waals surface area contributed by atoms with Gasteiger partial charge in [-0.2, -0.15) is 0 Å². The Morgan fingerprint density at radius 3 is 2.29 bits per heavy atom. The molecule has 0 aliphatic carbocycles. The van der Waals surface area contributed by atoms with Crippen molar-refractivity contribution in [3.8, 4) is 22.4 Å². The van der Waals surface area contributed by atoms with Crippen LogP contribution in [0.2, 0.25) is 0 Å². The predicted molar refractivity (Wildman–Crippen MR) is 98.9 cm³/mol. The van der Waals surface area contributed by atoms with E-state index in [0.717, 1.165) is 27.7 Å². The summed E-state index contributed by atoms with van der Waals surface area (Å²) < 4.78 is 0. The molecule has 0 aliphatic rings. The van der Waals surface area contributed by atoms with Crippen molar-refractivity contribution in [2.75, 3.05) is 0 Å². The largest absolute Gasteiger partial charge is 0.248 e. The van der Waals surface area contributed by atoms with E-state index in [4.69, 9.17) is 11.6 Å². The molecule has 24 heavy (non-hydrogen) atoms. The lowest BCUT2D eigenvalue weighted by Crippen LogP contribution is -1.89. The van der Waals surface area contributed by atoms with Crippen molar-refractivity contribution in [1.29, 1.82) is 0 Å². The molecular weight excluding hydrogens is 292 g/mol. The molecule has 0 radical (unpaired) electrons. The Kier molecular flexibility index (Phi) is 3.53. The summed E-state index contributed by atoms with van der Waals surface area (Å²) in [5.41, 5.74) is 5.76. The van der Waals surface area contributed by atoms with Gasteiger partial charge in [0.1, 0.15) is 0 Å². The molecule has 0 spiro atoms. The second kappa shape index (κ2) is 5.98. The van der Waals surface area contributed by atoms with Crippen LogP contribution in [0.4, 0.5) is 5.69 Å². The lowest BCUT2D eigenvalue weighted by Gasteiger charge is -2.10. The molecule has 2 heteroatoms. The summed E-state index contributed by atoms with van der Waals surface area (Å²) in [7, 11) is 0. The van der Waals surface area contributed by atoms with E-state index in [-0.39, 0.29) is 0 Å². The van der Waals surface area contributed by atoms with E-state index in [0.29, 0.717) is 5.69 Å². The lowest BCUT2D eigenvalue weighted by molar-refractivity contribution is 1.40. The number of hydrogen-bond donors (Lipinski definition) is 0. The number of rotatable bonds is 2. The van der Waals surface area contributed by atoms with Gasteiger partial charge in [0, 0.05) is 5.39 Å². The molecule has 0 saturated carbocycles. The first-order valence-corrected chi connectivity index (χ1v) is 7.78. The number of pyridine rings is 1. The molecule has 0 saturated heterocycles. The second-order valence-electron chi connectivity index (χ2n) is 5.60. The van der Waals surface area contributed by atoms with Crippen LogP contribution >= 0.6 is 0 Å². The van der Waals surface area contributed by atoms with E-state index in [1.165, 1.54) is 5.56 Å². The normalized spacial score (nSPS) is 10.5.